The van der Waals surface area contributed by atoms with Crippen LogP contribution in [0.3, 0.4) is 0 Å². The van der Waals surface area contributed by atoms with E-state index in [0.29, 0.717) is 12.5 Å². The van der Waals surface area contributed by atoms with Crippen molar-refractivity contribution in [3.05, 3.63) is 17.7 Å². The number of ether oxygens (including phenoxy) is 1. The summed E-state index contributed by atoms with van der Waals surface area (Å²) in [6.45, 7) is 8.20. The molecule has 5 nitrogen and oxygen atoms in total. The monoisotopic (exact) mass is 343 g/mol. The van der Waals surface area contributed by atoms with Crippen LogP contribution in [0.5, 0.6) is 5.75 Å². The molecule has 2 atom stereocenters. The number of carbonyl (C=O) groups excluding carboxylic acids is 1. The normalized spacial score (nSPS) is 22.1. The van der Waals surface area contributed by atoms with Crippen LogP contribution in [0.4, 0.5) is 10.5 Å². The van der Waals surface area contributed by atoms with Gasteiger partial charge in [-0.2, -0.15) is 0 Å². The zero-order chi connectivity index (χ0) is 17.1. The third-order valence-electron chi connectivity index (χ3n) is 4.22. The molecule has 0 radical (unpaired) electrons. The minimum atomic E-state index is -0.0633. The van der Waals surface area contributed by atoms with Gasteiger partial charge >= 0.3 is 6.03 Å². The smallest absolute Gasteiger partial charge is 0.319 e. The highest BCUT2D eigenvalue weighted by molar-refractivity contribution is 7.99. The molecule has 2 aliphatic heterocycles. The largest absolute Gasteiger partial charge is 0.493 e. The van der Waals surface area contributed by atoms with Crippen molar-refractivity contribution in [2.75, 3.05) is 12.5 Å². The first-order chi connectivity index (χ1) is 11.6. The Morgan fingerprint density at radius 1 is 1.54 bits per heavy atom. The number of nitrogens with one attached hydrogen (secondary N) is 1. The summed E-state index contributed by atoms with van der Waals surface area (Å²) in [5, 5.41) is 2.97. The first kappa shape index (κ1) is 16.7. The molecule has 0 saturated carbocycles. The van der Waals surface area contributed by atoms with Crippen molar-refractivity contribution in [3.63, 3.8) is 0 Å². The summed E-state index contributed by atoms with van der Waals surface area (Å²) in [5.41, 5.74) is 1.98. The predicted octanol–water partition coefficient (Wildman–Crippen LogP) is 3.20. The number of urea groups is 1. The van der Waals surface area contributed by atoms with Crippen molar-refractivity contribution >= 4 is 30.2 Å². The molecule has 126 valence electrons. The van der Waals surface area contributed by atoms with Gasteiger partial charge in [0.1, 0.15) is 5.75 Å². The van der Waals surface area contributed by atoms with Gasteiger partial charge < -0.3 is 15.0 Å². The molecule has 1 N–H and O–H groups in total. The van der Waals surface area contributed by atoms with Crippen LogP contribution in [-0.4, -0.2) is 42.2 Å². The number of aliphatic imine (C=N–C) groups is 1. The Morgan fingerprint density at radius 2 is 2.38 bits per heavy atom. The number of nitrogens with zero attached hydrogens (tertiary/aromatic N) is 2. The van der Waals surface area contributed by atoms with Gasteiger partial charge in [0.15, 0.2) is 0 Å². The molecule has 0 bridgehead atoms. The number of hydrogen-bond acceptors (Lipinski definition) is 4. The summed E-state index contributed by atoms with van der Waals surface area (Å²) in [7, 11) is 0. The fraction of sp³-hybridized carbons (Fsp3) is 0.444. The summed E-state index contributed by atoms with van der Waals surface area (Å²) in [6, 6.07) is 3.99. The molecule has 3 rings (SSSR count). The van der Waals surface area contributed by atoms with Crippen molar-refractivity contribution in [1.29, 1.82) is 0 Å². The highest BCUT2D eigenvalue weighted by Crippen LogP contribution is 2.41. The molecule has 1 saturated heterocycles. The number of carbonyl (C=O) groups is 1. The molecule has 2 heterocycles. The Bertz CT molecular complexity index is 723. The Morgan fingerprint density at radius 3 is 3.12 bits per heavy atom. The fourth-order valence-electron chi connectivity index (χ4n) is 3.07. The average molecular weight is 343 g/mol. The van der Waals surface area contributed by atoms with Gasteiger partial charge in [-0.05, 0) is 39.1 Å². The highest BCUT2D eigenvalue weighted by Gasteiger charge is 2.30. The van der Waals surface area contributed by atoms with E-state index in [-0.39, 0.29) is 18.1 Å². The van der Waals surface area contributed by atoms with Crippen LogP contribution in [0.1, 0.15) is 25.8 Å². The number of benzene rings is 1. The van der Waals surface area contributed by atoms with Crippen molar-refractivity contribution in [2.24, 2.45) is 4.99 Å². The summed E-state index contributed by atoms with van der Waals surface area (Å²) in [4.78, 5) is 19.3. The number of rotatable bonds is 4. The van der Waals surface area contributed by atoms with Crippen molar-refractivity contribution in [3.8, 4) is 17.6 Å². The lowest BCUT2D eigenvalue weighted by molar-refractivity contribution is 0.172. The van der Waals surface area contributed by atoms with E-state index < -0.39 is 0 Å². The topological polar surface area (TPSA) is 53.9 Å². The third-order valence-corrected chi connectivity index (χ3v) is 5.27. The Labute approximate surface area is 146 Å². The Kier molecular flexibility index (Phi) is 5.00. The van der Waals surface area contributed by atoms with Gasteiger partial charge in [0, 0.05) is 22.9 Å². The van der Waals surface area contributed by atoms with E-state index in [1.165, 1.54) is 0 Å². The molecule has 24 heavy (non-hydrogen) atoms. The molecule has 0 aliphatic carbocycles. The summed E-state index contributed by atoms with van der Waals surface area (Å²) in [5.74, 6) is 7.50. The SMILES string of the molecule is C=Nc1c(SCN2C(=O)N[C@H](C)CC2C#CC)ccc2c1CCO2. The number of thioether (sulfide) groups is 1. The summed E-state index contributed by atoms with van der Waals surface area (Å²) < 4.78 is 5.58. The van der Waals surface area contributed by atoms with E-state index in [1.54, 1.807) is 16.7 Å². The lowest BCUT2D eigenvalue weighted by Crippen LogP contribution is -2.55. The van der Waals surface area contributed by atoms with Gasteiger partial charge in [-0.1, -0.05) is 5.92 Å². The van der Waals surface area contributed by atoms with Crippen molar-refractivity contribution in [2.45, 2.75) is 43.7 Å². The molecular formula is C18H21N3O2S. The lowest BCUT2D eigenvalue weighted by atomic mass is 10.1. The minimum absolute atomic E-state index is 0.0517. The Balaban J connectivity index is 1.78. The molecular weight excluding hydrogens is 322 g/mol. The molecule has 1 aromatic rings. The molecule has 6 heteroatoms. The molecule has 2 amide bonds. The maximum absolute atomic E-state index is 12.3. The standard InChI is InChI=1S/C18H21N3O2S/c1-4-5-13-10-12(2)20-18(22)21(13)11-24-16-7-6-15-14(8-9-23-15)17(16)19-3/h6-7,12-13H,3,8-11H2,1-2H3,(H,20,22)/t12-,13?/m1/s1. The van der Waals surface area contributed by atoms with Crippen molar-refractivity contribution < 1.29 is 9.53 Å². The summed E-state index contributed by atoms with van der Waals surface area (Å²) >= 11 is 1.59. The van der Waals surface area contributed by atoms with Gasteiger partial charge in [0.25, 0.3) is 0 Å². The molecule has 2 aliphatic rings. The zero-order valence-electron chi connectivity index (χ0n) is 14.0. The second-order valence-electron chi connectivity index (χ2n) is 5.89. The van der Waals surface area contributed by atoms with Gasteiger partial charge in [-0.15, -0.1) is 17.7 Å². The third kappa shape index (κ3) is 3.22. The van der Waals surface area contributed by atoms with Crippen molar-refractivity contribution in [1.82, 2.24) is 10.2 Å². The summed E-state index contributed by atoms with van der Waals surface area (Å²) in [6.07, 6.45) is 1.68. The van der Waals surface area contributed by atoms with E-state index in [9.17, 15) is 4.79 Å². The molecule has 1 aromatic carbocycles. The first-order valence-electron chi connectivity index (χ1n) is 8.01. The van der Waals surface area contributed by atoms with Crippen LogP contribution in [0.2, 0.25) is 0 Å². The van der Waals surface area contributed by atoms with E-state index in [2.05, 4.69) is 28.9 Å². The molecule has 1 fully saturated rings. The maximum Gasteiger partial charge on any atom is 0.319 e. The van der Waals surface area contributed by atoms with Gasteiger partial charge in [-0.25, -0.2) is 4.79 Å². The first-order valence-corrected chi connectivity index (χ1v) is 9.00. The average Bonchev–Trinajstić information content (AvgIpc) is 3.02. The van der Waals surface area contributed by atoms with Gasteiger partial charge in [0.2, 0.25) is 0 Å². The molecule has 1 unspecified atom stereocenters. The van der Waals surface area contributed by atoms with Crippen LogP contribution in [0, 0.1) is 11.8 Å². The van der Waals surface area contributed by atoms with Gasteiger partial charge in [-0.3, -0.25) is 4.99 Å². The zero-order valence-corrected chi connectivity index (χ0v) is 14.8. The number of hydrogen-bond donors (Lipinski definition) is 1. The van der Waals surface area contributed by atoms with Crippen LogP contribution in [0.25, 0.3) is 0 Å². The second-order valence-corrected chi connectivity index (χ2v) is 6.87. The van der Waals surface area contributed by atoms with E-state index in [0.717, 1.165) is 34.7 Å². The van der Waals surface area contributed by atoms with Crippen LogP contribution < -0.4 is 10.1 Å². The minimum Gasteiger partial charge on any atom is -0.493 e. The maximum atomic E-state index is 12.3. The fourth-order valence-corrected chi connectivity index (χ4v) is 4.14. The predicted molar refractivity (Wildman–Crippen MR) is 97.3 cm³/mol. The Hall–Kier alpha value is -2.13. The number of fused-ring (bicyclic) bond motifs is 1. The van der Waals surface area contributed by atoms with Gasteiger partial charge in [0.05, 0.1) is 24.2 Å². The lowest BCUT2D eigenvalue weighted by Gasteiger charge is -2.36. The van der Waals surface area contributed by atoms with E-state index in [1.807, 2.05) is 26.0 Å². The van der Waals surface area contributed by atoms with Crippen LogP contribution in [0.15, 0.2) is 22.0 Å². The van der Waals surface area contributed by atoms with Crippen LogP contribution >= 0.6 is 11.8 Å². The highest BCUT2D eigenvalue weighted by atomic mass is 32.2. The van der Waals surface area contributed by atoms with Crippen LogP contribution in [-0.2, 0) is 6.42 Å². The number of amides is 2. The quantitative estimate of drug-likeness (QED) is 0.519. The van der Waals surface area contributed by atoms with E-state index >= 15 is 0 Å². The van der Waals surface area contributed by atoms with E-state index in [4.69, 9.17) is 4.74 Å². The second kappa shape index (κ2) is 7.18. The molecule has 0 aromatic heterocycles. The molecule has 0 spiro atoms.